The minimum Gasteiger partial charge on any atom is -0.353 e. The first-order valence-electron chi connectivity index (χ1n) is 12.3. The molecule has 3 aromatic rings. The highest BCUT2D eigenvalue weighted by atomic mass is 35.5. The van der Waals surface area contributed by atoms with Crippen molar-refractivity contribution in [2.45, 2.75) is 71.0 Å². The van der Waals surface area contributed by atoms with Gasteiger partial charge in [-0.15, -0.1) is 0 Å². The van der Waals surface area contributed by atoms with Gasteiger partial charge in [-0.1, -0.05) is 68.1 Å². The number of nitrogens with one attached hydrogen (secondary N) is 1. The minimum atomic E-state index is -0.0123. The molecule has 176 valence electrons. The lowest BCUT2D eigenvalue weighted by molar-refractivity contribution is -0.121. The highest BCUT2D eigenvalue weighted by Gasteiger charge is 2.24. The Morgan fingerprint density at radius 3 is 2.67 bits per heavy atom. The van der Waals surface area contributed by atoms with Gasteiger partial charge in [0.15, 0.2) is 0 Å². The molecule has 1 aliphatic rings. The van der Waals surface area contributed by atoms with Crippen LogP contribution in [0.4, 0.5) is 0 Å². The summed E-state index contributed by atoms with van der Waals surface area (Å²) in [4.78, 5) is 15.5. The second kappa shape index (κ2) is 11.2. The number of amides is 1. The number of benzene rings is 2. The smallest absolute Gasteiger partial charge is 0.241 e. The predicted octanol–water partition coefficient (Wildman–Crippen LogP) is 5.91. The quantitative estimate of drug-likeness (QED) is 0.426. The lowest BCUT2D eigenvalue weighted by Crippen LogP contribution is -2.46. The van der Waals surface area contributed by atoms with Crippen LogP contribution in [0.15, 0.2) is 48.5 Å². The first-order chi connectivity index (χ1) is 16.1. The van der Waals surface area contributed by atoms with Crippen molar-refractivity contribution in [2.24, 2.45) is 0 Å². The normalized spacial score (nSPS) is 15.8. The van der Waals surface area contributed by atoms with Gasteiger partial charge >= 0.3 is 0 Å². The molecule has 0 bridgehead atoms. The molecule has 5 nitrogen and oxygen atoms in total. The molecule has 1 aliphatic carbocycles. The number of carbonyl (C=O) groups excluding carboxylic acids is 1. The van der Waals surface area contributed by atoms with Crippen molar-refractivity contribution in [2.75, 3.05) is 13.1 Å². The predicted molar refractivity (Wildman–Crippen MR) is 137 cm³/mol. The van der Waals surface area contributed by atoms with Crippen molar-refractivity contribution in [3.63, 3.8) is 0 Å². The summed E-state index contributed by atoms with van der Waals surface area (Å²) in [6, 6.07) is 16.9. The third kappa shape index (κ3) is 5.77. The van der Waals surface area contributed by atoms with E-state index in [2.05, 4.69) is 24.1 Å². The minimum absolute atomic E-state index is 0.0123. The molecular formula is C27H35ClN4O. The SMILES string of the molecule is CC[C@@H](C)N(CCNC(=O)Cn1nc(-c2ccccc2)c2cc(Cl)ccc21)C1CCCCC1. The van der Waals surface area contributed by atoms with Gasteiger partial charge in [-0.2, -0.15) is 5.10 Å². The standard InChI is InChI=1S/C27H35ClN4O/c1-3-20(2)31(23-12-8-5-9-13-23)17-16-29-26(33)19-32-25-15-14-22(28)18-24(25)27(30-32)21-10-6-4-7-11-21/h4,6-7,10-11,14-15,18,20,23H,3,5,8-9,12-13,16-17,19H2,1-2H3,(H,29,33)/t20-/m1/s1. The van der Waals surface area contributed by atoms with Crippen LogP contribution in [0.1, 0.15) is 52.4 Å². The summed E-state index contributed by atoms with van der Waals surface area (Å²) < 4.78 is 1.79. The Balaban J connectivity index is 1.43. The third-order valence-corrected chi connectivity index (χ3v) is 7.18. The van der Waals surface area contributed by atoms with E-state index in [1.165, 1.54) is 32.1 Å². The van der Waals surface area contributed by atoms with Crippen LogP contribution in [-0.2, 0) is 11.3 Å². The summed E-state index contributed by atoms with van der Waals surface area (Å²) in [7, 11) is 0. The van der Waals surface area contributed by atoms with Crippen LogP contribution in [0.3, 0.4) is 0 Å². The maximum absolute atomic E-state index is 12.8. The summed E-state index contributed by atoms with van der Waals surface area (Å²) in [6.45, 7) is 6.31. The van der Waals surface area contributed by atoms with Crippen LogP contribution in [0.25, 0.3) is 22.2 Å². The number of nitrogens with zero attached hydrogens (tertiary/aromatic N) is 3. The Hall–Kier alpha value is -2.37. The largest absolute Gasteiger partial charge is 0.353 e. The molecule has 0 saturated heterocycles. The molecule has 1 amide bonds. The van der Waals surface area contributed by atoms with Crippen LogP contribution in [0.5, 0.6) is 0 Å². The fraction of sp³-hybridized carbons (Fsp3) is 0.481. The van der Waals surface area contributed by atoms with Crippen LogP contribution < -0.4 is 5.32 Å². The fourth-order valence-corrected chi connectivity index (χ4v) is 5.18. The molecule has 1 aromatic heterocycles. The topological polar surface area (TPSA) is 50.2 Å². The van der Waals surface area contributed by atoms with Crippen molar-refractivity contribution in [1.82, 2.24) is 20.0 Å². The average Bonchev–Trinajstić information content (AvgIpc) is 3.19. The zero-order chi connectivity index (χ0) is 23.2. The van der Waals surface area contributed by atoms with E-state index in [0.717, 1.165) is 35.1 Å². The van der Waals surface area contributed by atoms with Gasteiger partial charge in [0.2, 0.25) is 5.91 Å². The van der Waals surface area contributed by atoms with E-state index in [1.54, 1.807) is 4.68 Å². The molecule has 6 heteroatoms. The van der Waals surface area contributed by atoms with Crippen LogP contribution >= 0.6 is 11.6 Å². The van der Waals surface area contributed by atoms with Gasteiger partial charge < -0.3 is 5.32 Å². The van der Waals surface area contributed by atoms with Crippen molar-refractivity contribution in [3.05, 3.63) is 53.6 Å². The lowest BCUT2D eigenvalue weighted by Gasteiger charge is -2.38. The van der Waals surface area contributed by atoms with Gasteiger partial charge in [-0.3, -0.25) is 14.4 Å². The zero-order valence-corrected chi connectivity index (χ0v) is 20.5. The molecule has 1 heterocycles. The molecule has 0 radical (unpaired) electrons. The number of halogens is 1. The second-order valence-corrected chi connectivity index (χ2v) is 9.61. The summed E-state index contributed by atoms with van der Waals surface area (Å²) >= 11 is 6.27. The number of carbonyl (C=O) groups is 1. The monoisotopic (exact) mass is 466 g/mol. The Morgan fingerprint density at radius 2 is 1.94 bits per heavy atom. The maximum Gasteiger partial charge on any atom is 0.241 e. The fourth-order valence-electron chi connectivity index (χ4n) is 5.01. The first-order valence-corrected chi connectivity index (χ1v) is 12.7. The van der Waals surface area contributed by atoms with E-state index in [1.807, 2.05) is 48.5 Å². The number of hydrogen-bond acceptors (Lipinski definition) is 3. The second-order valence-electron chi connectivity index (χ2n) is 9.17. The molecule has 1 atom stereocenters. The summed E-state index contributed by atoms with van der Waals surface area (Å²) in [5, 5.41) is 9.55. The van der Waals surface area contributed by atoms with Gasteiger partial charge in [0.05, 0.1) is 5.52 Å². The van der Waals surface area contributed by atoms with E-state index in [0.29, 0.717) is 23.7 Å². The van der Waals surface area contributed by atoms with E-state index >= 15 is 0 Å². The van der Waals surface area contributed by atoms with E-state index in [-0.39, 0.29) is 12.5 Å². The molecule has 1 N–H and O–H groups in total. The summed E-state index contributed by atoms with van der Waals surface area (Å²) in [5.74, 6) is -0.0123. The van der Waals surface area contributed by atoms with Gasteiger partial charge in [-0.05, 0) is 44.4 Å². The van der Waals surface area contributed by atoms with Gasteiger partial charge in [0, 0.05) is 41.1 Å². The van der Waals surface area contributed by atoms with E-state index in [9.17, 15) is 4.79 Å². The van der Waals surface area contributed by atoms with Gasteiger partial charge in [-0.25, -0.2) is 0 Å². The molecule has 1 fully saturated rings. The highest BCUT2D eigenvalue weighted by Crippen LogP contribution is 2.30. The van der Waals surface area contributed by atoms with Crippen LogP contribution in [-0.4, -0.2) is 45.8 Å². The molecule has 0 aliphatic heterocycles. The van der Waals surface area contributed by atoms with Crippen molar-refractivity contribution in [3.8, 4) is 11.3 Å². The van der Waals surface area contributed by atoms with Gasteiger partial charge in [0.25, 0.3) is 0 Å². The number of hydrogen-bond donors (Lipinski definition) is 1. The number of rotatable bonds is 9. The Morgan fingerprint density at radius 1 is 1.18 bits per heavy atom. The average molecular weight is 467 g/mol. The van der Waals surface area contributed by atoms with Crippen molar-refractivity contribution < 1.29 is 4.79 Å². The molecule has 1 saturated carbocycles. The number of aromatic nitrogens is 2. The molecule has 0 unspecified atom stereocenters. The number of fused-ring (bicyclic) bond motifs is 1. The lowest BCUT2D eigenvalue weighted by atomic mass is 9.93. The maximum atomic E-state index is 12.8. The van der Waals surface area contributed by atoms with E-state index < -0.39 is 0 Å². The van der Waals surface area contributed by atoms with Crippen LogP contribution in [0.2, 0.25) is 5.02 Å². The van der Waals surface area contributed by atoms with Crippen molar-refractivity contribution >= 4 is 28.4 Å². The first kappa shape index (κ1) is 23.8. The Labute approximate surface area is 202 Å². The van der Waals surface area contributed by atoms with Crippen LogP contribution in [0, 0.1) is 0 Å². The molecule has 2 aromatic carbocycles. The summed E-state index contributed by atoms with van der Waals surface area (Å²) in [6.07, 6.45) is 7.70. The molecular weight excluding hydrogens is 432 g/mol. The van der Waals surface area contributed by atoms with E-state index in [4.69, 9.17) is 16.7 Å². The van der Waals surface area contributed by atoms with Gasteiger partial charge in [0.1, 0.15) is 12.2 Å². The third-order valence-electron chi connectivity index (χ3n) is 6.95. The summed E-state index contributed by atoms with van der Waals surface area (Å²) in [5.41, 5.74) is 2.78. The van der Waals surface area contributed by atoms with Crippen molar-refractivity contribution in [1.29, 1.82) is 0 Å². The molecule has 33 heavy (non-hydrogen) atoms. The highest BCUT2D eigenvalue weighted by molar-refractivity contribution is 6.31. The molecule has 4 rings (SSSR count). The zero-order valence-electron chi connectivity index (χ0n) is 19.8. The Bertz CT molecular complexity index is 1060. The Kier molecular flexibility index (Phi) is 8.05. The molecule has 0 spiro atoms.